The second-order valence-corrected chi connectivity index (χ2v) is 6.33. The zero-order chi connectivity index (χ0) is 21.8. The van der Waals surface area contributed by atoms with Crippen molar-refractivity contribution < 1.29 is 32.2 Å². The van der Waals surface area contributed by atoms with Gasteiger partial charge in [0, 0.05) is 11.4 Å². The summed E-state index contributed by atoms with van der Waals surface area (Å²) in [6.07, 6.45) is -3.34. The van der Waals surface area contributed by atoms with Crippen LogP contribution in [0.4, 0.5) is 13.2 Å². The molecule has 1 aromatic carbocycles. The van der Waals surface area contributed by atoms with Gasteiger partial charge in [-0.15, -0.1) is 0 Å². The van der Waals surface area contributed by atoms with E-state index in [0.717, 1.165) is 6.07 Å². The van der Waals surface area contributed by atoms with Gasteiger partial charge in [-0.3, -0.25) is 0 Å². The van der Waals surface area contributed by atoms with E-state index in [2.05, 4.69) is 11.9 Å². The molecule has 1 aromatic rings. The third-order valence-electron chi connectivity index (χ3n) is 4.39. The number of hydrogen-bond acceptors (Lipinski definition) is 5. The quantitative estimate of drug-likeness (QED) is 0.563. The maximum atomic E-state index is 13.7. The van der Waals surface area contributed by atoms with Crippen LogP contribution < -0.4 is 5.32 Å². The molecule has 1 unspecified atom stereocenters. The average Bonchev–Trinajstić information content (AvgIpc) is 2.64. The molecular weight excluding hydrogens is 387 g/mol. The summed E-state index contributed by atoms with van der Waals surface area (Å²) < 4.78 is 51.3. The van der Waals surface area contributed by atoms with Crippen LogP contribution in [-0.2, 0) is 25.2 Å². The number of rotatable bonds is 6. The fraction of sp³-hybridized carbons (Fsp3) is 0.333. The third-order valence-corrected chi connectivity index (χ3v) is 4.39. The van der Waals surface area contributed by atoms with E-state index in [-0.39, 0.29) is 29.9 Å². The fourth-order valence-corrected chi connectivity index (χ4v) is 3.27. The number of benzene rings is 1. The van der Waals surface area contributed by atoms with Crippen molar-refractivity contribution in [2.24, 2.45) is 0 Å². The lowest BCUT2D eigenvalue weighted by molar-refractivity contribution is -0.141. The van der Waals surface area contributed by atoms with Crippen molar-refractivity contribution in [3.8, 4) is 0 Å². The Labute approximate surface area is 166 Å². The second kappa shape index (κ2) is 8.98. The van der Waals surface area contributed by atoms with Gasteiger partial charge in [-0.2, -0.15) is 13.2 Å². The number of alkyl halides is 3. The minimum atomic E-state index is -4.68. The van der Waals surface area contributed by atoms with Crippen LogP contribution in [0.1, 0.15) is 37.8 Å². The number of halogens is 3. The molecular formula is C21H22F3NO4. The molecule has 0 aliphatic carbocycles. The Hall–Kier alpha value is -3.03. The molecule has 1 aliphatic rings. The van der Waals surface area contributed by atoms with E-state index in [1.165, 1.54) is 24.3 Å². The first kappa shape index (κ1) is 22.3. The van der Waals surface area contributed by atoms with Crippen molar-refractivity contribution in [2.45, 2.75) is 32.9 Å². The summed E-state index contributed by atoms with van der Waals surface area (Å²) >= 11 is 0. The minimum Gasteiger partial charge on any atom is -0.463 e. The van der Waals surface area contributed by atoms with Crippen molar-refractivity contribution in [3.05, 3.63) is 70.6 Å². The molecule has 0 spiro atoms. The highest BCUT2D eigenvalue weighted by molar-refractivity contribution is 6.00. The largest absolute Gasteiger partial charge is 0.463 e. The first-order valence-electron chi connectivity index (χ1n) is 8.93. The van der Waals surface area contributed by atoms with Gasteiger partial charge in [-0.25, -0.2) is 9.59 Å². The third kappa shape index (κ3) is 4.70. The lowest BCUT2D eigenvalue weighted by atomic mass is 9.78. The monoisotopic (exact) mass is 409 g/mol. The van der Waals surface area contributed by atoms with Gasteiger partial charge in [0.2, 0.25) is 0 Å². The van der Waals surface area contributed by atoms with E-state index in [9.17, 15) is 22.8 Å². The smallest absolute Gasteiger partial charge is 0.416 e. The standard InChI is InChI=1S/C21H22F3NO4/c1-5-11-29-20(27)17-13(4)25-12(3)16(19(26)28-6-2)18(17)14-9-7-8-10-15(14)21(22,23)24/h5,7-10,18,25H,1,6,11H2,2-4H3. The molecule has 0 saturated heterocycles. The maximum absolute atomic E-state index is 13.7. The van der Waals surface area contributed by atoms with E-state index < -0.39 is 29.6 Å². The van der Waals surface area contributed by atoms with Crippen molar-refractivity contribution in [2.75, 3.05) is 13.2 Å². The van der Waals surface area contributed by atoms with Crippen LogP contribution in [0, 0.1) is 0 Å². The lowest BCUT2D eigenvalue weighted by Gasteiger charge is -2.31. The van der Waals surface area contributed by atoms with E-state index >= 15 is 0 Å². The number of hydrogen-bond donors (Lipinski definition) is 1. The zero-order valence-corrected chi connectivity index (χ0v) is 16.4. The van der Waals surface area contributed by atoms with Crippen LogP contribution in [0.5, 0.6) is 0 Å². The van der Waals surface area contributed by atoms with Crippen LogP contribution in [-0.4, -0.2) is 25.2 Å². The van der Waals surface area contributed by atoms with Crippen LogP contribution in [0.3, 0.4) is 0 Å². The van der Waals surface area contributed by atoms with Crippen LogP contribution in [0.2, 0.25) is 0 Å². The van der Waals surface area contributed by atoms with Gasteiger partial charge in [0.05, 0.1) is 29.2 Å². The molecule has 29 heavy (non-hydrogen) atoms. The van der Waals surface area contributed by atoms with Gasteiger partial charge in [0.15, 0.2) is 0 Å². The second-order valence-electron chi connectivity index (χ2n) is 6.33. The summed E-state index contributed by atoms with van der Waals surface area (Å²) in [4.78, 5) is 25.4. The van der Waals surface area contributed by atoms with Crippen molar-refractivity contribution in [3.63, 3.8) is 0 Å². The van der Waals surface area contributed by atoms with Gasteiger partial charge >= 0.3 is 18.1 Å². The summed E-state index contributed by atoms with van der Waals surface area (Å²) in [6, 6.07) is 4.84. The van der Waals surface area contributed by atoms with Gasteiger partial charge in [-0.1, -0.05) is 30.9 Å². The molecule has 1 atom stereocenters. The van der Waals surface area contributed by atoms with Gasteiger partial charge in [0.1, 0.15) is 6.61 Å². The Morgan fingerprint density at radius 2 is 1.66 bits per heavy atom. The highest BCUT2D eigenvalue weighted by Crippen LogP contribution is 2.44. The number of esters is 2. The lowest BCUT2D eigenvalue weighted by Crippen LogP contribution is -2.33. The first-order chi connectivity index (χ1) is 13.6. The first-order valence-corrected chi connectivity index (χ1v) is 8.93. The maximum Gasteiger partial charge on any atom is 0.416 e. The summed E-state index contributed by atoms with van der Waals surface area (Å²) in [5, 5.41) is 2.88. The normalized spacial score (nSPS) is 17.0. The van der Waals surface area contributed by atoms with Crippen LogP contribution in [0.15, 0.2) is 59.5 Å². The molecule has 0 amide bonds. The molecule has 8 heteroatoms. The molecule has 0 aromatic heterocycles. The van der Waals surface area contributed by atoms with Crippen molar-refractivity contribution in [1.29, 1.82) is 0 Å². The summed E-state index contributed by atoms with van der Waals surface area (Å²) in [6.45, 7) is 8.04. The van der Waals surface area contributed by atoms with E-state index in [1.807, 2.05) is 0 Å². The minimum absolute atomic E-state index is 0.0300. The molecule has 1 heterocycles. The summed E-state index contributed by atoms with van der Waals surface area (Å²) in [5.74, 6) is -2.95. The van der Waals surface area contributed by atoms with Crippen molar-refractivity contribution >= 4 is 11.9 Å². The predicted molar refractivity (Wildman–Crippen MR) is 101 cm³/mol. The van der Waals surface area contributed by atoms with Gasteiger partial charge in [0.25, 0.3) is 0 Å². The molecule has 1 aliphatic heterocycles. The number of ether oxygens (including phenoxy) is 2. The van der Waals surface area contributed by atoms with E-state index in [4.69, 9.17) is 9.47 Å². The Morgan fingerprint density at radius 3 is 2.17 bits per heavy atom. The Morgan fingerprint density at radius 1 is 1.10 bits per heavy atom. The molecule has 2 rings (SSSR count). The number of nitrogens with one attached hydrogen (secondary N) is 1. The highest BCUT2D eigenvalue weighted by atomic mass is 19.4. The van der Waals surface area contributed by atoms with Crippen LogP contribution >= 0.6 is 0 Å². The Balaban J connectivity index is 2.76. The van der Waals surface area contributed by atoms with Gasteiger partial charge in [-0.05, 0) is 32.4 Å². The predicted octanol–water partition coefficient (Wildman–Crippen LogP) is 4.23. The molecule has 0 radical (unpaired) electrons. The molecule has 0 saturated carbocycles. The molecule has 0 fully saturated rings. The molecule has 156 valence electrons. The topological polar surface area (TPSA) is 64.6 Å². The number of dihydropyridines is 1. The highest BCUT2D eigenvalue weighted by Gasteiger charge is 2.43. The molecule has 5 nitrogen and oxygen atoms in total. The van der Waals surface area contributed by atoms with Crippen LogP contribution in [0.25, 0.3) is 0 Å². The average molecular weight is 409 g/mol. The molecule has 1 N–H and O–H groups in total. The number of carbonyl (C=O) groups excluding carboxylic acids is 2. The number of allylic oxidation sites excluding steroid dienone is 2. The van der Waals surface area contributed by atoms with E-state index in [1.54, 1.807) is 20.8 Å². The number of carbonyl (C=O) groups is 2. The molecule has 0 bridgehead atoms. The Kier molecular flexibility index (Phi) is 6.89. The fourth-order valence-electron chi connectivity index (χ4n) is 3.27. The Bertz CT molecular complexity index is 884. The summed E-state index contributed by atoms with van der Waals surface area (Å²) in [7, 11) is 0. The SMILES string of the molecule is C=CCOC(=O)C1=C(C)NC(C)=C(C(=O)OCC)C1c1ccccc1C(F)(F)F. The van der Waals surface area contributed by atoms with Gasteiger partial charge < -0.3 is 14.8 Å². The zero-order valence-electron chi connectivity index (χ0n) is 16.4. The summed E-state index contributed by atoms with van der Waals surface area (Å²) in [5.41, 5.74) is -0.719. The van der Waals surface area contributed by atoms with E-state index in [0.29, 0.717) is 11.4 Å². The van der Waals surface area contributed by atoms with Crippen molar-refractivity contribution in [1.82, 2.24) is 5.32 Å².